The minimum atomic E-state index is -0.997. The number of aromatic carboxylic acids is 1. The number of carboxylic acid groups (broad SMARTS) is 1. The number of benzene rings is 3. The van der Waals surface area contributed by atoms with E-state index in [-0.39, 0.29) is 12.1 Å². The third kappa shape index (κ3) is 5.75. The van der Waals surface area contributed by atoms with E-state index >= 15 is 0 Å². The largest absolute Gasteiger partial charge is 0.478 e. The Morgan fingerprint density at radius 3 is 2.10 bits per heavy atom. The highest BCUT2D eigenvalue weighted by molar-refractivity contribution is 5.87. The zero-order valence-electron chi connectivity index (χ0n) is 15.8. The van der Waals surface area contributed by atoms with Crippen molar-refractivity contribution in [1.82, 2.24) is 10.4 Å². The molecule has 3 N–H and O–H groups in total. The molecule has 6 heteroatoms. The number of hydrogen-bond donors (Lipinski definition) is 3. The van der Waals surface area contributed by atoms with Crippen LogP contribution in [0.15, 0.2) is 78.9 Å². The van der Waals surface area contributed by atoms with E-state index < -0.39 is 11.9 Å². The van der Waals surface area contributed by atoms with Gasteiger partial charge < -0.3 is 5.11 Å². The molecule has 3 aromatic rings. The van der Waals surface area contributed by atoms with Gasteiger partial charge in [-0.2, -0.15) is 0 Å². The van der Waals surface area contributed by atoms with Gasteiger partial charge in [-0.15, -0.1) is 0 Å². The van der Waals surface area contributed by atoms with E-state index in [2.05, 4.69) is 0 Å². The average molecular weight is 390 g/mol. The first-order valence-corrected chi connectivity index (χ1v) is 9.17. The van der Waals surface area contributed by atoms with Gasteiger partial charge in [-0.25, -0.2) is 10.3 Å². The van der Waals surface area contributed by atoms with Crippen LogP contribution in [0.1, 0.15) is 21.5 Å². The first kappa shape index (κ1) is 20.3. The topological polar surface area (TPSA) is 89.9 Å². The Hall–Kier alpha value is -3.48. The molecule has 0 saturated carbocycles. The van der Waals surface area contributed by atoms with Gasteiger partial charge in [0, 0.05) is 13.1 Å². The molecule has 0 atom stereocenters. The molecule has 0 fully saturated rings. The van der Waals surface area contributed by atoms with Crippen LogP contribution in [0.5, 0.6) is 0 Å². The summed E-state index contributed by atoms with van der Waals surface area (Å²) in [5.74, 6) is -1.52. The van der Waals surface area contributed by atoms with Crippen molar-refractivity contribution in [1.29, 1.82) is 0 Å². The summed E-state index contributed by atoms with van der Waals surface area (Å²) < 4.78 is 0. The van der Waals surface area contributed by atoms with Crippen LogP contribution in [-0.4, -0.2) is 33.6 Å². The molecule has 0 unspecified atom stereocenters. The smallest absolute Gasteiger partial charge is 0.335 e. The highest BCUT2D eigenvalue weighted by Gasteiger charge is 2.13. The molecule has 3 aromatic carbocycles. The second-order valence-corrected chi connectivity index (χ2v) is 6.75. The zero-order chi connectivity index (χ0) is 20.6. The Kier molecular flexibility index (Phi) is 6.73. The molecule has 0 saturated heterocycles. The summed E-state index contributed by atoms with van der Waals surface area (Å²) in [6.45, 7) is 0.822. The van der Waals surface area contributed by atoms with Crippen molar-refractivity contribution in [3.63, 3.8) is 0 Å². The molecular formula is C23H22N2O4. The van der Waals surface area contributed by atoms with Crippen LogP contribution in [0.3, 0.4) is 0 Å². The Morgan fingerprint density at radius 2 is 1.45 bits per heavy atom. The Morgan fingerprint density at radius 1 is 0.793 bits per heavy atom. The standard InChI is InChI=1S/C23H22N2O4/c26-22(24-29)16-25(15-18-5-4-8-21(13-18)23(27)28)14-17-9-11-20(12-10-17)19-6-2-1-3-7-19/h1-13,29H,14-16H2,(H,24,26)(H,27,28). The van der Waals surface area contributed by atoms with Crippen molar-refractivity contribution in [2.45, 2.75) is 13.1 Å². The number of hydroxylamine groups is 1. The van der Waals surface area contributed by atoms with Gasteiger partial charge in [0.05, 0.1) is 12.1 Å². The van der Waals surface area contributed by atoms with Gasteiger partial charge in [0.1, 0.15) is 0 Å². The molecule has 0 spiro atoms. The first-order valence-electron chi connectivity index (χ1n) is 9.17. The molecule has 6 nitrogen and oxygen atoms in total. The Balaban J connectivity index is 1.76. The first-order chi connectivity index (χ1) is 14.0. The molecule has 0 bridgehead atoms. The van der Waals surface area contributed by atoms with E-state index in [9.17, 15) is 14.7 Å². The second-order valence-electron chi connectivity index (χ2n) is 6.75. The molecule has 0 aliphatic heterocycles. The maximum absolute atomic E-state index is 11.7. The van der Waals surface area contributed by atoms with Crippen molar-refractivity contribution in [3.05, 3.63) is 95.6 Å². The summed E-state index contributed by atoms with van der Waals surface area (Å²) in [6, 6.07) is 24.7. The number of carbonyl (C=O) groups is 2. The van der Waals surface area contributed by atoms with Gasteiger partial charge in [-0.3, -0.25) is 14.9 Å². The van der Waals surface area contributed by atoms with Gasteiger partial charge in [0.15, 0.2) is 0 Å². The Labute approximate surface area is 169 Å². The monoisotopic (exact) mass is 390 g/mol. The van der Waals surface area contributed by atoms with Gasteiger partial charge in [0.25, 0.3) is 5.91 Å². The van der Waals surface area contributed by atoms with E-state index in [4.69, 9.17) is 5.21 Å². The maximum Gasteiger partial charge on any atom is 0.335 e. The minimum Gasteiger partial charge on any atom is -0.478 e. The predicted molar refractivity (Wildman–Crippen MR) is 109 cm³/mol. The van der Waals surface area contributed by atoms with Crippen LogP contribution in [0.25, 0.3) is 11.1 Å². The summed E-state index contributed by atoms with van der Waals surface area (Å²) in [6.07, 6.45) is 0. The second kappa shape index (κ2) is 9.64. The lowest BCUT2D eigenvalue weighted by Gasteiger charge is -2.22. The third-order valence-electron chi connectivity index (χ3n) is 4.54. The fraction of sp³-hybridized carbons (Fsp3) is 0.130. The number of carboxylic acids is 1. The van der Waals surface area contributed by atoms with E-state index in [1.165, 1.54) is 6.07 Å². The predicted octanol–water partition coefficient (Wildman–Crippen LogP) is 3.56. The van der Waals surface area contributed by atoms with Crippen molar-refractivity contribution in [3.8, 4) is 11.1 Å². The highest BCUT2D eigenvalue weighted by atomic mass is 16.5. The molecule has 0 aliphatic rings. The van der Waals surface area contributed by atoms with Crippen molar-refractivity contribution < 1.29 is 19.9 Å². The van der Waals surface area contributed by atoms with Gasteiger partial charge in [-0.05, 0) is 34.4 Å². The van der Waals surface area contributed by atoms with E-state index in [1.54, 1.807) is 17.6 Å². The zero-order valence-corrected chi connectivity index (χ0v) is 15.8. The van der Waals surface area contributed by atoms with Crippen molar-refractivity contribution in [2.24, 2.45) is 0 Å². The van der Waals surface area contributed by atoms with Crippen molar-refractivity contribution >= 4 is 11.9 Å². The van der Waals surface area contributed by atoms with Crippen LogP contribution >= 0.6 is 0 Å². The Bertz CT molecular complexity index is 972. The molecular weight excluding hydrogens is 368 g/mol. The number of hydrogen-bond acceptors (Lipinski definition) is 4. The van der Waals surface area contributed by atoms with Gasteiger partial charge in [0.2, 0.25) is 0 Å². The molecule has 0 radical (unpaired) electrons. The van der Waals surface area contributed by atoms with Gasteiger partial charge in [-0.1, -0.05) is 66.7 Å². The molecule has 0 aromatic heterocycles. The van der Waals surface area contributed by atoms with Crippen LogP contribution in [0, 0.1) is 0 Å². The lowest BCUT2D eigenvalue weighted by molar-refractivity contribution is -0.130. The fourth-order valence-corrected chi connectivity index (χ4v) is 3.16. The summed E-state index contributed by atoms with van der Waals surface area (Å²) in [5.41, 5.74) is 5.85. The average Bonchev–Trinajstić information content (AvgIpc) is 2.75. The molecule has 148 valence electrons. The number of nitrogens with zero attached hydrogens (tertiary/aromatic N) is 1. The molecule has 1 amide bonds. The summed E-state index contributed by atoms with van der Waals surface area (Å²) in [5, 5.41) is 18.1. The van der Waals surface area contributed by atoms with Crippen LogP contribution in [0.2, 0.25) is 0 Å². The maximum atomic E-state index is 11.7. The molecule has 0 heterocycles. The quantitative estimate of drug-likeness (QED) is 0.404. The summed E-state index contributed by atoms with van der Waals surface area (Å²) in [7, 11) is 0. The third-order valence-corrected chi connectivity index (χ3v) is 4.54. The summed E-state index contributed by atoms with van der Waals surface area (Å²) >= 11 is 0. The lowest BCUT2D eigenvalue weighted by atomic mass is 10.0. The number of carbonyl (C=O) groups excluding carboxylic acids is 1. The van der Waals surface area contributed by atoms with Gasteiger partial charge >= 0.3 is 5.97 Å². The highest BCUT2D eigenvalue weighted by Crippen LogP contribution is 2.20. The molecule has 3 rings (SSSR count). The number of nitrogens with one attached hydrogen (secondary N) is 1. The van der Waals surface area contributed by atoms with Crippen LogP contribution < -0.4 is 5.48 Å². The van der Waals surface area contributed by atoms with Crippen LogP contribution in [-0.2, 0) is 17.9 Å². The summed E-state index contributed by atoms with van der Waals surface area (Å²) in [4.78, 5) is 24.7. The minimum absolute atomic E-state index is 0.0196. The lowest BCUT2D eigenvalue weighted by Crippen LogP contribution is -2.35. The molecule has 0 aliphatic carbocycles. The van der Waals surface area contributed by atoms with Crippen LogP contribution in [0.4, 0.5) is 0 Å². The SMILES string of the molecule is O=C(CN(Cc1ccc(-c2ccccc2)cc1)Cc1cccc(C(=O)O)c1)NO. The molecule has 29 heavy (non-hydrogen) atoms. The van der Waals surface area contributed by atoms with Crippen molar-refractivity contribution in [2.75, 3.05) is 6.54 Å². The van der Waals surface area contributed by atoms with E-state index in [0.717, 1.165) is 22.3 Å². The van der Waals surface area contributed by atoms with E-state index in [1.807, 2.05) is 65.6 Å². The normalized spacial score (nSPS) is 10.7. The number of amides is 1. The van der Waals surface area contributed by atoms with E-state index in [0.29, 0.717) is 13.1 Å². The fourth-order valence-electron chi connectivity index (χ4n) is 3.16. The number of rotatable bonds is 8.